The molecule has 0 fully saturated rings. The monoisotopic (exact) mass is 800 g/mol. The molecule has 0 atom stereocenters. The molecular formula is C47H50Cl2N6O2. The van der Waals surface area contributed by atoms with Gasteiger partial charge in [-0.25, -0.2) is 0 Å². The molecule has 0 aliphatic carbocycles. The molecule has 2 amide bonds. The lowest BCUT2D eigenvalue weighted by Gasteiger charge is -2.29. The van der Waals surface area contributed by atoms with Crippen LogP contribution in [0.25, 0.3) is 33.0 Å². The fraction of sp³-hybridized carbons (Fsp3) is 0.277. The van der Waals surface area contributed by atoms with Crippen LogP contribution in [0.2, 0.25) is 10.0 Å². The van der Waals surface area contributed by atoms with Gasteiger partial charge in [0.2, 0.25) is 0 Å². The maximum Gasteiger partial charge on any atom is 0.257 e. The second-order valence-corrected chi connectivity index (χ2v) is 15.8. The van der Waals surface area contributed by atoms with Gasteiger partial charge in [-0.2, -0.15) is 0 Å². The zero-order valence-corrected chi connectivity index (χ0v) is 34.3. The summed E-state index contributed by atoms with van der Waals surface area (Å²) < 4.78 is 0. The zero-order chi connectivity index (χ0) is 39.9. The number of fused-ring (bicyclic) bond motifs is 2. The third-order valence-electron chi connectivity index (χ3n) is 10.9. The van der Waals surface area contributed by atoms with E-state index in [1.807, 2.05) is 60.7 Å². The van der Waals surface area contributed by atoms with Crippen molar-refractivity contribution in [3.63, 3.8) is 0 Å². The summed E-state index contributed by atoms with van der Waals surface area (Å²) in [6.07, 6.45) is 13.4. The molecule has 6 aromatic rings. The number of carbonyl (C=O) groups excluding carboxylic acids is 2. The average molecular weight is 802 g/mol. The minimum atomic E-state index is -0.202. The smallest absolute Gasteiger partial charge is 0.257 e. The fourth-order valence-corrected chi connectivity index (χ4v) is 8.00. The molecule has 57 heavy (non-hydrogen) atoms. The highest BCUT2D eigenvalue weighted by Crippen LogP contribution is 2.33. The van der Waals surface area contributed by atoms with Gasteiger partial charge in [-0.1, -0.05) is 73.0 Å². The Morgan fingerprint density at radius 2 is 1.21 bits per heavy atom. The van der Waals surface area contributed by atoms with E-state index >= 15 is 0 Å². The Balaban J connectivity index is 0.000000174. The van der Waals surface area contributed by atoms with Crippen LogP contribution in [0.4, 0.5) is 11.4 Å². The lowest BCUT2D eigenvalue weighted by molar-refractivity contribution is 0.101. The quantitative estimate of drug-likeness (QED) is 0.111. The summed E-state index contributed by atoms with van der Waals surface area (Å²) in [5, 5.41) is 9.11. The van der Waals surface area contributed by atoms with E-state index in [0.29, 0.717) is 27.2 Å². The summed E-state index contributed by atoms with van der Waals surface area (Å²) >= 11 is 12.3. The first-order valence-electron chi connectivity index (χ1n) is 19.9. The van der Waals surface area contributed by atoms with Gasteiger partial charge < -0.3 is 20.6 Å². The van der Waals surface area contributed by atoms with E-state index < -0.39 is 0 Å². The first-order chi connectivity index (χ1) is 27.7. The molecule has 4 N–H and O–H groups in total. The van der Waals surface area contributed by atoms with Gasteiger partial charge in [0.1, 0.15) is 0 Å². The number of benzene rings is 4. The second-order valence-electron chi connectivity index (χ2n) is 15.0. The standard InChI is InChI=1S/C24H26ClN3O.C23H24ClN3O/c1-2-3-12-28-13-10-17(11-14-28)21-16-26-23-9-8-18(15-20(21)23)27-24(29)19-6-4-5-7-22(19)25;1-15(2)27-11-9-16(10-12-27)20-14-25-22-8-7-17(13-19(20)22)26-23(28)18-5-3-4-6-21(18)24/h4-10,15-16,26H,2-3,11-14H2,1H3,(H,27,29);3-9,13-15,25H,10-12H2,1-2H3,(H,26,28). The Bertz CT molecular complexity index is 2440. The summed E-state index contributed by atoms with van der Waals surface area (Å²) in [5.41, 5.74) is 9.80. The predicted octanol–water partition coefficient (Wildman–Crippen LogP) is 11.5. The number of unbranched alkanes of at least 4 members (excludes halogenated alkanes) is 1. The van der Waals surface area contributed by atoms with Crippen LogP contribution in [0.15, 0.2) is 109 Å². The van der Waals surface area contributed by atoms with Crippen LogP contribution in [0.3, 0.4) is 0 Å². The number of aromatic nitrogens is 2. The SMILES string of the molecule is CC(C)N1CC=C(c2c[nH]c3ccc(NC(=O)c4ccccc4Cl)cc23)CC1.CCCCN1CC=C(c2c[nH]c3ccc(NC(=O)c4ccccc4Cl)cc23)CC1. The molecule has 2 aromatic heterocycles. The van der Waals surface area contributed by atoms with Crippen LogP contribution >= 0.6 is 23.2 Å². The maximum atomic E-state index is 12.6. The van der Waals surface area contributed by atoms with Gasteiger partial charge in [0.15, 0.2) is 0 Å². The van der Waals surface area contributed by atoms with Crippen molar-refractivity contribution in [3.05, 3.63) is 142 Å². The van der Waals surface area contributed by atoms with Gasteiger partial charge in [-0.3, -0.25) is 19.4 Å². The molecule has 4 heterocycles. The van der Waals surface area contributed by atoms with E-state index in [2.05, 4.69) is 75.7 Å². The summed E-state index contributed by atoms with van der Waals surface area (Å²) in [4.78, 5) is 36.9. The van der Waals surface area contributed by atoms with Crippen molar-refractivity contribution in [2.75, 3.05) is 43.4 Å². The zero-order valence-electron chi connectivity index (χ0n) is 32.8. The molecule has 0 unspecified atom stereocenters. The molecular weight excluding hydrogens is 751 g/mol. The maximum absolute atomic E-state index is 12.6. The molecule has 2 aliphatic heterocycles. The molecule has 0 bridgehead atoms. The highest BCUT2D eigenvalue weighted by Gasteiger charge is 2.19. The minimum Gasteiger partial charge on any atom is -0.361 e. The number of carbonyl (C=O) groups is 2. The third kappa shape index (κ3) is 9.54. The molecule has 294 valence electrons. The number of nitrogens with one attached hydrogen (secondary N) is 4. The van der Waals surface area contributed by atoms with E-state index in [-0.39, 0.29) is 11.8 Å². The van der Waals surface area contributed by atoms with Crippen molar-refractivity contribution in [2.24, 2.45) is 0 Å². The van der Waals surface area contributed by atoms with Crippen LogP contribution in [-0.4, -0.2) is 70.3 Å². The third-order valence-corrected chi connectivity index (χ3v) is 11.6. The number of hydrogen-bond donors (Lipinski definition) is 4. The molecule has 8 nitrogen and oxygen atoms in total. The average Bonchev–Trinajstić information content (AvgIpc) is 3.85. The summed E-state index contributed by atoms with van der Waals surface area (Å²) in [6, 6.07) is 26.6. The first kappa shape index (κ1) is 40.1. The van der Waals surface area contributed by atoms with Gasteiger partial charge in [-0.15, -0.1) is 0 Å². The van der Waals surface area contributed by atoms with Gasteiger partial charge in [0.05, 0.1) is 21.2 Å². The normalized spacial score (nSPS) is 14.9. The van der Waals surface area contributed by atoms with Gasteiger partial charge in [0, 0.05) is 88.9 Å². The predicted molar refractivity (Wildman–Crippen MR) is 239 cm³/mol. The summed E-state index contributed by atoms with van der Waals surface area (Å²) in [6.45, 7) is 12.0. The van der Waals surface area contributed by atoms with Gasteiger partial charge >= 0.3 is 0 Å². The van der Waals surface area contributed by atoms with Crippen molar-refractivity contribution in [1.82, 2.24) is 19.8 Å². The van der Waals surface area contributed by atoms with Crippen molar-refractivity contribution >= 4 is 79.3 Å². The number of hydrogen-bond acceptors (Lipinski definition) is 4. The largest absolute Gasteiger partial charge is 0.361 e. The van der Waals surface area contributed by atoms with Crippen molar-refractivity contribution in [3.8, 4) is 0 Å². The van der Waals surface area contributed by atoms with Crippen molar-refractivity contribution < 1.29 is 9.59 Å². The minimum absolute atomic E-state index is 0.199. The van der Waals surface area contributed by atoms with E-state index in [9.17, 15) is 9.59 Å². The number of aromatic amines is 2. The van der Waals surface area contributed by atoms with E-state index in [1.165, 1.54) is 41.7 Å². The molecule has 0 saturated carbocycles. The number of amides is 2. The molecule has 4 aromatic carbocycles. The number of H-pyrrole nitrogens is 2. The first-order valence-corrected chi connectivity index (χ1v) is 20.6. The van der Waals surface area contributed by atoms with Crippen LogP contribution in [-0.2, 0) is 0 Å². The number of anilines is 2. The summed E-state index contributed by atoms with van der Waals surface area (Å²) in [5.74, 6) is -0.401. The molecule has 0 spiro atoms. The molecule has 0 radical (unpaired) electrons. The van der Waals surface area contributed by atoms with Crippen LogP contribution in [0.5, 0.6) is 0 Å². The Morgan fingerprint density at radius 1 is 0.702 bits per heavy atom. The highest BCUT2D eigenvalue weighted by atomic mass is 35.5. The Hall–Kier alpha value is -5.12. The van der Waals surface area contributed by atoms with Crippen molar-refractivity contribution in [2.45, 2.75) is 52.5 Å². The lowest BCUT2D eigenvalue weighted by atomic mass is 9.98. The highest BCUT2D eigenvalue weighted by molar-refractivity contribution is 6.35. The molecule has 10 heteroatoms. The van der Waals surface area contributed by atoms with Gasteiger partial charge in [-0.05, 0) is 111 Å². The number of halogens is 2. The molecule has 2 aliphatic rings. The molecule has 0 saturated heterocycles. The Labute approximate surface area is 344 Å². The van der Waals surface area contributed by atoms with Crippen molar-refractivity contribution in [1.29, 1.82) is 0 Å². The van der Waals surface area contributed by atoms with Gasteiger partial charge in [0.25, 0.3) is 11.8 Å². The Kier molecular flexibility index (Phi) is 13.0. The van der Waals surface area contributed by atoms with Crippen LogP contribution in [0, 0.1) is 0 Å². The van der Waals surface area contributed by atoms with E-state index in [0.717, 1.165) is 72.2 Å². The Morgan fingerprint density at radius 3 is 1.65 bits per heavy atom. The van der Waals surface area contributed by atoms with Crippen LogP contribution < -0.4 is 10.6 Å². The van der Waals surface area contributed by atoms with E-state index in [4.69, 9.17) is 23.2 Å². The summed E-state index contributed by atoms with van der Waals surface area (Å²) in [7, 11) is 0. The fourth-order valence-electron chi connectivity index (χ4n) is 7.55. The lowest BCUT2D eigenvalue weighted by Crippen LogP contribution is -2.34. The number of rotatable bonds is 10. The molecule has 8 rings (SSSR count). The number of nitrogens with zero attached hydrogens (tertiary/aromatic N) is 2. The second kappa shape index (κ2) is 18.4. The topological polar surface area (TPSA) is 96.3 Å². The van der Waals surface area contributed by atoms with E-state index in [1.54, 1.807) is 24.3 Å². The van der Waals surface area contributed by atoms with Crippen LogP contribution in [0.1, 0.15) is 78.3 Å².